The molecule has 1 aromatic heterocycles. The normalized spacial score (nSPS) is 11.0. The van der Waals surface area contributed by atoms with E-state index in [4.69, 9.17) is 20.8 Å². The van der Waals surface area contributed by atoms with E-state index in [9.17, 15) is 0 Å². The minimum atomic E-state index is 0.231. The molecule has 0 spiro atoms. The number of aromatic nitrogens is 2. The van der Waals surface area contributed by atoms with Gasteiger partial charge in [0.25, 0.3) is 5.89 Å². The minimum absolute atomic E-state index is 0.231. The van der Waals surface area contributed by atoms with Gasteiger partial charge < -0.3 is 9.15 Å². The summed E-state index contributed by atoms with van der Waals surface area (Å²) < 4.78 is 11.3. The molecule has 23 heavy (non-hydrogen) atoms. The molecule has 0 aliphatic rings. The molecular formula is C18H17ClN2O2. The highest BCUT2D eigenvalue weighted by Gasteiger charge is 2.09. The maximum atomic E-state index is 5.96. The quantitative estimate of drug-likeness (QED) is 0.654. The van der Waals surface area contributed by atoms with Crippen LogP contribution < -0.4 is 4.74 Å². The number of rotatable bonds is 5. The van der Waals surface area contributed by atoms with Crippen LogP contribution in [0.25, 0.3) is 11.5 Å². The number of benzene rings is 2. The van der Waals surface area contributed by atoms with Gasteiger partial charge in [-0.2, -0.15) is 0 Å². The summed E-state index contributed by atoms with van der Waals surface area (Å²) in [6, 6.07) is 15.3. The van der Waals surface area contributed by atoms with Crippen LogP contribution in [0.15, 0.2) is 52.9 Å². The van der Waals surface area contributed by atoms with Gasteiger partial charge in [-0.25, -0.2) is 0 Å². The van der Waals surface area contributed by atoms with Gasteiger partial charge >= 0.3 is 0 Å². The van der Waals surface area contributed by atoms with E-state index in [0.29, 0.717) is 22.7 Å². The fraction of sp³-hybridized carbons (Fsp3) is 0.222. The summed E-state index contributed by atoms with van der Waals surface area (Å²) in [5.74, 6) is 2.13. The average Bonchev–Trinajstić information content (AvgIpc) is 3.02. The third-order valence-electron chi connectivity index (χ3n) is 3.45. The third kappa shape index (κ3) is 3.90. The van der Waals surface area contributed by atoms with Crippen molar-refractivity contribution in [3.05, 3.63) is 65.0 Å². The van der Waals surface area contributed by atoms with Crippen molar-refractivity contribution < 1.29 is 9.15 Å². The summed E-state index contributed by atoms with van der Waals surface area (Å²) in [5, 5.41) is 8.65. The number of nitrogens with zero attached hydrogens (tertiary/aromatic N) is 2. The highest BCUT2D eigenvalue weighted by Crippen LogP contribution is 2.22. The maximum Gasteiger partial charge on any atom is 0.254 e. The highest BCUT2D eigenvalue weighted by molar-refractivity contribution is 6.30. The monoisotopic (exact) mass is 328 g/mol. The summed E-state index contributed by atoms with van der Waals surface area (Å²) in [7, 11) is 0. The second-order valence-corrected chi connectivity index (χ2v) is 5.96. The van der Waals surface area contributed by atoms with Gasteiger partial charge in [0.15, 0.2) is 6.61 Å². The first-order chi connectivity index (χ1) is 11.1. The molecule has 3 rings (SSSR count). The molecule has 0 N–H and O–H groups in total. The van der Waals surface area contributed by atoms with E-state index < -0.39 is 0 Å². The summed E-state index contributed by atoms with van der Waals surface area (Å²) in [5.41, 5.74) is 2.07. The topological polar surface area (TPSA) is 48.2 Å². The van der Waals surface area contributed by atoms with Crippen molar-refractivity contribution in [2.45, 2.75) is 26.4 Å². The molecule has 0 saturated heterocycles. The van der Waals surface area contributed by atoms with Crippen LogP contribution in [0.1, 0.15) is 31.2 Å². The maximum absolute atomic E-state index is 5.96. The van der Waals surface area contributed by atoms with Crippen molar-refractivity contribution in [2.24, 2.45) is 0 Å². The van der Waals surface area contributed by atoms with E-state index in [1.165, 1.54) is 5.56 Å². The van der Waals surface area contributed by atoms with E-state index in [1.54, 1.807) is 12.1 Å². The van der Waals surface area contributed by atoms with Gasteiger partial charge in [0.1, 0.15) is 5.75 Å². The molecule has 0 unspecified atom stereocenters. The lowest BCUT2D eigenvalue weighted by molar-refractivity contribution is 0.264. The zero-order chi connectivity index (χ0) is 16.2. The van der Waals surface area contributed by atoms with E-state index >= 15 is 0 Å². The Labute approximate surface area is 140 Å². The first-order valence-electron chi connectivity index (χ1n) is 7.43. The van der Waals surface area contributed by atoms with Gasteiger partial charge in [-0.1, -0.05) is 43.6 Å². The van der Waals surface area contributed by atoms with Crippen LogP contribution in [0, 0.1) is 0 Å². The van der Waals surface area contributed by atoms with Gasteiger partial charge in [-0.15, -0.1) is 10.2 Å². The zero-order valence-electron chi connectivity index (χ0n) is 13.0. The van der Waals surface area contributed by atoms with Gasteiger partial charge in [0.05, 0.1) is 0 Å². The van der Waals surface area contributed by atoms with Crippen molar-refractivity contribution in [3.63, 3.8) is 0 Å². The first-order valence-corrected chi connectivity index (χ1v) is 7.80. The van der Waals surface area contributed by atoms with Crippen molar-refractivity contribution in [3.8, 4) is 17.2 Å². The SMILES string of the molecule is CC(C)c1ccc(OCc2nnc(-c3cccc(Cl)c3)o2)cc1. The predicted molar refractivity (Wildman–Crippen MR) is 89.6 cm³/mol. The summed E-state index contributed by atoms with van der Waals surface area (Å²) in [6.45, 7) is 4.55. The average molecular weight is 329 g/mol. The van der Waals surface area contributed by atoms with E-state index in [0.717, 1.165) is 11.3 Å². The fourth-order valence-corrected chi connectivity index (χ4v) is 2.33. The Balaban J connectivity index is 1.65. The Kier molecular flexibility index (Phi) is 4.63. The number of hydrogen-bond donors (Lipinski definition) is 0. The molecule has 0 aliphatic carbocycles. The first kappa shape index (κ1) is 15.6. The molecule has 0 atom stereocenters. The third-order valence-corrected chi connectivity index (χ3v) is 3.68. The van der Waals surface area contributed by atoms with Crippen molar-refractivity contribution >= 4 is 11.6 Å². The van der Waals surface area contributed by atoms with Crippen LogP contribution in [-0.2, 0) is 6.61 Å². The number of ether oxygens (including phenoxy) is 1. The van der Waals surface area contributed by atoms with Crippen molar-refractivity contribution in [2.75, 3.05) is 0 Å². The molecule has 4 nitrogen and oxygen atoms in total. The summed E-state index contributed by atoms with van der Waals surface area (Å²) in [4.78, 5) is 0. The molecular weight excluding hydrogens is 312 g/mol. The Morgan fingerprint density at radius 1 is 1.09 bits per heavy atom. The number of halogens is 1. The smallest absolute Gasteiger partial charge is 0.254 e. The Morgan fingerprint density at radius 3 is 2.57 bits per heavy atom. The van der Waals surface area contributed by atoms with E-state index in [-0.39, 0.29) is 6.61 Å². The molecule has 0 saturated carbocycles. The van der Waals surface area contributed by atoms with Crippen LogP contribution in [0.4, 0.5) is 0 Å². The van der Waals surface area contributed by atoms with Crippen LogP contribution >= 0.6 is 11.6 Å². The lowest BCUT2D eigenvalue weighted by Crippen LogP contribution is -1.96. The molecule has 0 aliphatic heterocycles. The molecule has 0 fully saturated rings. The van der Waals surface area contributed by atoms with Crippen molar-refractivity contribution in [1.82, 2.24) is 10.2 Å². The lowest BCUT2D eigenvalue weighted by atomic mass is 10.0. The zero-order valence-corrected chi connectivity index (χ0v) is 13.7. The predicted octanol–water partition coefficient (Wildman–Crippen LogP) is 5.09. The fourth-order valence-electron chi connectivity index (χ4n) is 2.14. The Morgan fingerprint density at radius 2 is 1.87 bits per heavy atom. The second kappa shape index (κ2) is 6.84. The van der Waals surface area contributed by atoms with Gasteiger partial charge in [-0.05, 0) is 41.8 Å². The van der Waals surface area contributed by atoms with Gasteiger partial charge in [-0.3, -0.25) is 0 Å². The minimum Gasteiger partial charge on any atom is -0.484 e. The Bertz CT molecular complexity index is 782. The molecule has 0 radical (unpaired) electrons. The number of hydrogen-bond acceptors (Lipinski definition) is 4. The van der Waals surface area contributed by atoms with Gasteiger partial charge in [0.2, 0.25) is 5.89 Å². The molecule has 3 aromatic rings. The summed E-state index contributed by atoms with van der Waals surface area (Å²) >= 11 is 5.96. The molecule has 118 valence electrons. The summed E-state index contributed by atoms with van der Waals surface area (Å²) in [6.07, 6.45) is 0. The van der Waals surface area contributed by atoms with Crippen molar-refractivity contribution in [1.29, 1.82) is 0 Å². The molecule has 1 heterocycles. The van der Waals surface area contributed by atoms with Crippen LogP contribution in [0.2, 0.25) is 5.02 Å². The van der Waals surface area contributed by atoms with Crippen LogP contribution in [0.3, 0.4) is 0 Å². The second-order valence-electron chi connectivity index (χ2n) is 5.52. The highest BCUT2D eigenvalue weighted by atomic mass is 35.5. The molecule has 0 bridgehead atoms. The molecule has 5 heteroatoms. The molecule has 0 amide bonds. The molecule has 2 aromatic carbocycles. The standard InChI is InChI=1S/C18H17ClN2O2/c1-12(2)13-6-8-16(9-7-13)22-11-17-20-21-18(23-17)14-4-3-5-15(19)10-14/h3-10,12H,11H2,1-2H3. The van der Waals surface area contributed by atoms with Crippen LogP contribution in [-0.4, -0.2) is 10.2 Å². The largest absolute Gasteiger partial charge is 0.484 e. The van der Waals surface area contributed by atoms with E-state index in [2.05, 4.69) is 36.2 Å². The van der Waals surface area contributed by atoms with Gasteiger partial charge in [0, 0.05) is 10.6 Å². The lowest BCUT2D eigenvalue weighted by Gasteiger charge is -2.07. The Hall–Kier alpha value is -2.33. The van der Waals surface area contributed by atoms with Crippen LogP contribution in [0.5, 0.6) is 5.75 Å². The van der Waals surface area contributed by atoms with E-state index in [1.807, 2.05) is 24.3 Å².